The van der Waals surface area contributed by atoms with Crippen LogP contribution in [-0.4, -0.2) is 27.5 Å². The zero-order chi connectivity index (χ0) is 14.5. The maximum atomic E-state index is 12.1. The number of aromatic nitrogens is 1. The molecule has 0 spiro atoms. The van der Waals surface area contributed by atoms with E-state index in [1.54, 1.807) is 0 Å². The predicted octanol–water partition coefficient (Wildman–Crippen LogP) is 1.14. The summed E-state index contributed by atoms with van der Waals surface area (Å²) in [6.45, 7) is 3.65. The number of hydrogen-bond acceptors (Lipinski definition) is 3. The highest BCUT2D eigenvalue weighted by Gasteiger charge is 2.31. The van der Waals surface area contributed by atoms with Gasteiger partial charge in [-0.15, -0.1) is 0 Å². The highest BCUT2D eigenvalue weighted by Crippen LogP contribution is 2.20. The highest BCUT2D eigenvalue weighted by molar-refractivity contribution is 5.94. The number of H-pyrrole nitrogens is 1. The summed E-state index contributed by atoms with van der Waals surface area (Å²) in [6, 6.07) is 2.67. The molecule has 6 heteroatoms. The zero-order valence-corrected chi connectivity index (χ0v) is 11.0. The summed E-state index contributed by atoms with van der Waals surface area (Å²) in [5.74, 6) is -1.40. The molecule has 19 heavy (non-hydrogen) atoms. The van der Waals surface area contributed by atoms with E-state index in [0.29, 0.717) is 12.8 Å². The molecule has 0 aliphatic carbocycles. The zero-order valence-electron chi connectivity index (χ0n) is 11.0. The van der Waals surface area contributed by atoms with Crippen LogP contribution in [0, 0.1) is 0 Å². The summed E-state index contributed by atoms with van der Waals surface area (Å²) >= 11 is 0. The molecule has 0 radical (unpaired) electrons. The number of nitrogens with one attached hydrogen (secondary N) is 2. The van der Waals surface area contributed by atoms with Crippen LogP contribution in [0.3, 0.4) is 0 Å². The van der Waals surface area contributed by atoms with E-state index < -0.39 is 17.4 Å². The summed E-state index contributed by atoms with van der Waals surface area (Å²) in [7, 11) is 0. The molecule has 0 saturated heterocycles. The van der Waals surface area contributed by atoms with Gasteiger partial charge in [0, 0.05) is 17.8 Å². The van der Waals surface area contributed by atoms with Crippen molar-refractivity contribution in [2.45, 2.75) is 38.6 Å². The lowest BCUT2D eigenvalue weighted by Gasteiger charge is -2.31. The first kappa shape index (κ1) is 14.9. The van der Waals surface area contributed by atoms with E-state index in [4.69, 9.17) is 5.11 Å². The minimum atomic E-state index is -0.963. The van der Waals surface area contributed by atoms with Crippen LogP contribution < -0.4 is 10.9 Å². The second-order valence-electron chi connectivity index (χ2n) is 4.45. The Morgan fingerprint density at radius 1 is 1.37 bits per heavy atom. The Balaban J connectivity index is 2.93. The van der Waals surface area contributed by atoms with Crippen molar-refractivity contribution in [3.63, 3.8) is 0 Å². The van der Waals surface area contributed by atoms with E-state index in [0.717, 1.165) is 0 Å². The SMILES string of the molecule is CCC(CC)(CC(=O)O)NC(=O)c1cc[nH]c(=O)c1. The van der Waals surface area contributed by atoms with Gasteiger partial charge in [-0.25, -0.2) is 0 Å². The third-order valence-corrected chi connectivity index (χ3v) is 3.26. The molecule has 0 saturated carbocycles. The molecule has 1 amide bonds. The van der Waals surface area contributed by atoms with E-state index >= 15 is 0 Å². The van der Waals surface area contributed by atoms with Gasteiger partial charge in [-0.1, -0.05) is 13.8 Å². The largest absolute Gasteiger partial charge is 0.481 e. The van der Waals surface area contributed by atoms with Crippen LogP contribution in [0.2, 0.25) is 0 Å². The van der Waals surface area contributed by atoms with Gasteiger partial charge in [-0.3, -0.25) is 14.4 Å². The average Bonchev–Trinajstić information content (AvgIpc) is 2.37. The molecule has 1 rings (SSSR count). The number of aromatic amines is 1. The molecule has 1 heterocycles. The number of carboxylic acid groups (broad SMARTS) is 1. The number of amides is 1. The van der Waals surface area contributed by atoms with Crippen LogP contribution in [0.15, 0.2) is 23.1 Å². The molecule has 1 aromatic heterocycles. The van der Waals surface area contributed by atoms with Crippen molar-refractivity contribution in [3.05, 3.63) is 34.2 Å². The van der Waals surface area contributed by atoms with Gasteiger partial charge in [0.25, 0.3) is 5.91 Å². The summed E-state index contributed by atoms with van der Waals surface area (Å²) in [4.78, 5) is 36.5. The summed E-state index contributed by atoms with van der Waals surface area (Å²) in [5.41, 5.74) is -0.934. The molecule has 0 aromatic carbocycles. The lowest BCUT2D eigenvalue weighted by Crippen LogP contribution is -2.49. The molecule has 0 unspecified atom stereocenters. The van der Waals surface area contributed by atoms with Gasteiger partial charge in [0.2, 0.25) is 5.56 Å². The summed E-state index contributed by atoms with van der Waals surface area (Å²) in [5, 5.41) is 11.7. The summed E-state index contributed by atoms with van der Waals surface area (Å²) in [6.07, 6.45) is 2.25. The molecule has 1 aromatic rings. The van der Waals surface area contributed by atoms with Crippen LogP contribution in [-0.2, 0) is 4.79 Å². The van der Waals surface area contributed by atoms with Crippen molar-refractivity contribution in [2.24, 2.45) is 0 Å². The molecule has 0 aliphatic rings. The second kappa shape index (κ2) is 6.17. The second-order valence-corrected chi connectivity index (χ2v) is 4.45. The Bertz CT molecular complexity index is 517. The molecule has 3 N–H and O–H groups in total. The number of pyridine rings is 1. The van der Waals surface area contributed by atoms with Crippen molar-refractivity contribution >= 4 is 11.9 Å². The molecular formula is C13H18N2O4. The van der Waals surface area contributed by atoms with Gasteiger partial charge in [0.05, 0.1) is 12.0 Å². The molecule has 6 nitrogen and oxygen atoms in total. The van der Waals surface area contributed by atoms with E-state index in [2.05, 4.69) is 10.3 Å². The normalized spacial score (nSPS) is 11.1. The first-order valence-corrected chi connectivity index (χ1v) is 6.15. The van der Waals surface area contributed by atoms with E-state index in [-0.39, 0.29) is 17.5 Å². The van der Waals surface area contributed by atoms with Gasteiger partial charge in [-0.2, -0.15) is 0 Å². The van der Waals surface area contributed by atoms with E-state index in [1.165, 1.54) is 18.3 Å². The highest BCUT2D eigenvalue weighted by atomic mass is 16.4. The Kier molecular flexibility index (Phi) is 4.86. The fourth-order valence-corrected chi connectivity index (χ4v) is 1.91. The molecule has 0 bridgehead atoms. The molecule has 0 fully saturated rings. The maximum Gasteiger partial charge on any atom is 0.305 e. The van der Waals surface area contributed by atoms with Crippen LogP contribution in [0.5, 0.6) is 0 Å². The van der Waals surface area contributed by atoms with Gasteiger partial charge >= 0.3 is 5.97 Å². The van der Waals surface area contributed by atoms with Gasteiger partial charge in [0.15, 0.2) is 0 Å². The van der Waals surface area contributed by atoms with Crippen LogP contribution in [0.1, 0.15) is 43.5 Å². The third-order valence-electron chi connectivity index (χ3n) is 3.26. The Morgan fingerprint density at radius 3 is 2.47 bits per heavy atom. The van der Waals surface area contributed by atoms with Crippen LogP contribution in [0.4, 0.5) is 0 Å². The number of hydrogen-bond donors (Lipinski definition) is 3. The monoisotopic (exact) mass is 266 g/mol. The van der Waals surface area contributed by atoms with Crippen molar-refractivity contribution in [1.82, 2.24) is 10.3 Å². The molecular weight excluding hydrogens is 248 g/mol. The number of aliphatic carboxylic acids is 1. The van der Waals surface area contributed by atoms with Gasteiger partial charge in [0.1, 0.15) is 0 Å². The standard InChI is InChI=1S/C13H18N2O4/c1-3-13(4-2,8-11(17)18)15-12(19)9-5-6-14-10(16)7-9/h5-7H,3-4,8H2,1-2H3,(H,14,16)(H,15,19)(H,17,18). The maximum absolute atomic E-state index is 12.1. The number of rotatable bonds is 6. The minimum Gasteiger partial charge on any atom is -0.481 e. The molecule has 104 valence electrons. The smallest absolute Gasteiger partial charge is 0.305 e. The van der Waals surface area contributed by atoms with Crippen molar-refractivity contribution in [1.29, 1.82) is 0 Å². The minimum absolute atomic E-state index is 0.144. The summed E-state index contributed by atoms with van der Waals surface area (Å²) < 4.78 is 0. The van der Waals surface area contributed by atoms with Crippen molar-refractivity contribution in [3.8, 4) is 0 Å². The van der Waals surface area contributed by atoms with Crippen LogP contribution in [0.25, 0.3) is 0 Å². The van der Waals surface area contributed by atoms with E-state index in [1.807, 2.05) is 13.8 Å². The fourth-order valence-electron chi connectivity index (χ4n) is 1.91. The van der Waals surface area contributed by atoms with E-state index in [9.17, 15) is 14.4 Å². The number of carbonyl (C=O) groups is 2. The first-order valence-electron chi connectivity index (χ1n) is 6.15. The Hall–Kier alpha value is -2.11. The average molecular weight is 266 g/mol. The van der Waals surface area contributed by atoms with Crippen LogP contribution >= 0.6 is 0 Å². The predicted molar refractivity (Wildman–Crippen MR) is 70.1 cm³/mol. The number of carboxylic acids is 1. The number of carbonyl (C=O) groups excluding carboxylic acids is 1. The first-order chi connectivity index (χ1) is 8.92. The topological polar surface area (TPSA) is 99.3 Å². The lowest BCUT2D eigenvalue weighted by atomic mass is 9.88. The van der Waals surface area contributed by atoms with Crippen molar-refractivity contribution in [2.75, 3.05) is 0 Å². The molecule has 0 atom stereocenters. The van der Waals surface area contributed by atoms with Gasteiger partial charge in [-0.05, 0) is 18.9 Å². The lowest BCUT2D eigenvalue weighted by molar-refractivity contribution is -0.138. The van der Waals surface area contributed by atoms with Gasteiger partial charge < -0.3 is 15.4 Å². The Morgan fingerprint density at radius 2 is 2.00 bits per heavy atom. The third kappa shape index (κ3) is 3.94. The fraction of sp³-hybridized carbons (Fsp3) is 0.462. The quantitative estimate of drug-likeness (QED) is 0.718. The Labute approximate surface area is 110 Å². The van der Waals surface area contributed by atoms with Crippen molar-refractivity contribution < 1.29 is 14.7 Å². The molecule has 0 aliphatic heterocycles.